The Morgan fingerprint density at radius 3 is 1.45 bits per heavy atom. The zero-order valence-electron chi connectivity index (χ0n) is 9.70. The van der Waals surface area contributed by atoms with Crippen LogP contribution in [-0.2, 0) is 9.59 Å². The molecule has 0 unspecified atom stereocenters. The molecule has 0 saturated heterocycles. The van der Waals surface area contributed by atoms with Crippen LogP contribution in [0.5, 0.6) is 0 Å². The number of carbonyl (C=O) groups excluding carboxylic acids is 2. The van der Waals surface area contributed by atoms with Crippen LogP contribution in [0, 0.1) is 0 Å². The van der Waals surface area contributed by atoms with Crippen molar-refractivity contribution in [1.29, 1.82) is 0 Å². The Bertz CT molecular complexity index is 624. The van der Waals surface area contributed by atoms with E-state index in [1.54, 1.807) is 0 Å². The summed E-state index contributed by atoms with van der Waals surface area (Å²) in [5, 5.41) is 0. The first-order chi connectivity index (χ1) is 9.51. The van der Waals surface area contributed by atoms with Gasteiger partial charge in [0.05, 0.1) is 0 Å². The third-order valence-electron chi connectivity index (χ3n) is 1.81. The number of nitrogens with zero attached hydrogens (tertiary/aromatic N) is 8. The Morgan fingerprint density at radius 1 is 0.900 bits per heavy atom. The Labute approximate surface area is 110 Å². The molecule has 0 fully saturated rings. The maximum atomic E-state index is 10.4. The molecule has 2 rings (SSSR count). The number of primary amides is 2. The summed E-state index contributed by atoms with van der Waals surface area (Å²) in [6.07, 6.45) is 2.18. The van der Waals surface area contributed by atoms with Gasteiger partial charge in [-0.05, 0) is 9.98 Å². The normalized spacial score (nSPS) is 14.8. The van der Waals surface area contributed by atoms with Gasteiger partial charge in [0.15, 0.2) is 0 Å². The fourth-order valence-corrected chi connectivity index (χ4v) is 1.01. The summed E-state index contributed by atoms with van der Waals surface area (Å²) in [4.78, 5) is 39.9. The van der Waals surface area contributed by atoms with Crippen LogP contribution in [-0.4, -0.2) is 57.2 Å². The number of nitrogens with two attached hydrogens (primary N) is 2. The van der Waals surface area contributed by atoms with Crippen molar-refractivity contribution in [3.05, 3.63) is 11.1 Å². The van der Waals surface area contributed by atoms with E-state index in [-0.39, 0.29) is 23.1 Å². The minimum atomic E-state index is -0.759. The van der Waals surface area contributed by atoms with E-state index in [9.17, 15) is 9.59 Å². The van der Waals surface area contributed by atoms with Crippen molar-refractivity contribution in [2.24, 2.45) is 31.4 Å². The molecule has 2 aliphatic rings. The van der Waals surface area contributed by atoms with Crippen molar-refractivity contribution in [2.75, 3.05) is 0 Å². The smallest absolute Gasteiger partial charge is 0.434 e. The van der Waals surface area contributed by atoms with E-state index in [4.69, 9.17) is 22.5 Å². The summed E-state index contributed by atoms with van der Waals surface area (Å²) in [5.41, 5.74) is 25.7. The highest BCUT2D eigenvalue weighted by atomic mass is 16.1. The molecule has 20 heavy (non-hydrogen) atoms. The number of hydrogen-bond acceptors (Lipinski definition) is 4. The van der Waals surface area contributed by atoms with Crippen LogP contribution >= 0.6 is 0 Å². The lowest BCUT2D eigenvalue weighted by Gasteiger charge is -1.81. The molecule has 0 aromatic rings. The molecule has 12 nitrogen and oxygen atoms in total. The van der Waals surface area contributed by atoms with Crippen LogP contribution in [0.4, 0.5) is 0 Å². The lowest BCUT2D eigenvalue weighted by atomic mass is 10.3. The average molecular weight is 274 g/mol. The quantitative estimate of drug-likeness (QED) is 0.402. The van der Waals surface area contributed by atoms with E-state index in [0.717, 1.165) is 12.7 Å². The molecule has 0 bridgehead atoms. The molecule has 4 N–H and O–H groups in total. The van der Waals surface area contributed by atoms with Gasteiger partial charge < -0.3 is 32.1 Å². The van der Waals surface area contributed by atoms with Crippen LogP contribution in [0.3, 0.4) is 0 Å². The molecule has 12 heteroatoms. The fraction of sp³-hybridized carbons (Fsp3) is 0. The maximum Gasteiger partial charge on any atom is 0.434 e. The van der Waals surface area contributed by atoms with Gasteiger partial charge in [0.2, 0.25) is 24.1 Å². The highest BCUT2D eigenvalue weighted by Gasteiger charge is 2.27. The first kappa shape index (κ1) is 14.4. The van der Waals surface area contributed by atoms with E-state index in [2.05, 4.69) is 29.5 Å². The van der Waals surface area contributed by atoms with E-state index in [1.165, 1.54) is 0 Å². The molecular formula is C8H6N10O2. The van der Waals surface area contributed by atoms with Gasteiger partial charge in [0.1, 0.15) is 0 Å². The zero-order chi connectivity index (χ0) is 15.1. The van der Waals surface area contributed by atoms with Crippen LogP contribution in [0.2, 0.25) is 0 Å². The Hall–Kier alpha value is -3.62. The number of aliphatic imine (C=N–C) groups is 4. The van der Waals surface area contributed by atoms with Gasteiger partial charge in [-0.2, -0.15) is 9.98 Å². The largest absolute Gasteiger partial charge is 0.497 e. The van der Waals surface area contributed by atoms with E-state index in [0.29, 0.717) is 0 Å². The first-order valence-electron chi connectivity index (χ1n) is 4.76. The lowest BCUT2D eigenvalue weighted by molar-refractivity contribution is -0.112. The minimum Gasteiger partial charge on any atom is -0.497 e. The lowest BCUT2D eigenvalue weighted by Crippen LogP contribution is -2.28. The van der Waals surface area contributed by atoms with Crippen LogP contribution < -0.4 is 11.5 Å². The molecule has 0 saturated carbocycles. The number of amidine groups is 2. The SMILES string of the molecule is [N-]=[N+]=C1N=CN=C1C(N)=O.[N-]=[N+]=C1N=CN=C1C(N)=O. The van der Waals surface area contributed by atoms with Crippen LogP contribution in [0.1, 0.15) is 0 Å². The van der Waals surface area contributed by atoms with Crippen molar-refractivity contribution < 1.29 is 19.2 Å². The summed E-state index contributed by atoms with van der Waals surface area (Å²) < 4.78 is 0. The number of hydrogen-bond donors (Lipinski definition) is 2. The molecule has 100 valence electrons. The monoisotopic (exact) mass is 274 g/mol. The molecule has 0 aromatic carbocycles. The summed E-state index contributed by atoms with van der Waals surface area (Å²) in [6, 6.07) is 0. The number of rotatable bonds is 2. The van der Waals surface area contributed by atoms with Crippen molar-refractivity contribution in [3.8, 4) is 0 Å². The van der Waals surface area contributed by atoms with Crippen LogP contribution in [0.25, 0.3) is 11.1 Å². The standard InChI is InChI=1S/2C4H3N5O/c2*5-3(10)2-4(9-6)8-1-7-2/h2*1H,(H2,5,10). The van der Waals surface area contributed by atoms with Gasteiger partial charge >= 0.3 is 11.7 Å². The average Bonchev–Trinajstić information content (AvgIpc) is 3.07. The molecule has 2 amide bonds. The molecule has 0 atom stereocenters. The number of amides is 2. The van der Waals surface area contributed by atoms with Crippen molar-refractivity contribution in [2.45, 2.75) is 0 Å². The predicted octanol–water partition coefficient (Wildman–Crippen LogP) is -2.83. The van der Waals surface area contributed by atoms with Crippen molar-refractivity contribution >= 4 is 47.6 Å². The van der Waals surface area contributed by atoms with Gasteiger partial charge in [-0.15, -0.1) is 0 Å². The Kier molecular flexibility index (Phi) is 4.58. The Morgan fingerprint density at radius 2 is 1.25 bits per heavy atom. The second-order valence-electron chi connectivity index (χ2n) is 3.02. The summed E-state index contributed by atoms with van der Waals surface area (Å²) >= 11 is 0. The molecule has 2 aliphatic heterocycles. The minimum absolute atomic E-state index is 0.123. The zero-order valence-corrected chi connectivity index (χ0v) is 9.70. The van der Waals surface area contributed by atoms with Gasteiger partial charge in [0, 0.05) is 0 Å². The van der Waals surface area contributed by atoms with Crippen LogP contribution in [0.15, 0.2) is 20.0 Å². The van der Waals surface area contributed by atoms with Crippen molar-refractivity contribution in [1.82, 2.24) is 0 Å². The molecule has 0 aliphatic carbocycles. The van der Waals surface area contributed by atoms with Gasteiger partial charge in [-0.3, -0.25) is 9.59 Å². The molecule has 0 aromatic heterocycles. The summed E-state index contributed by atoms with van der Waals surface area (Å²) in [5.74, 6) is -1.81. The first-order valence-corrected chi connectivity index (χ1v) is 4.76. The number of carbonyl (C=O) groups is 2. The predicted molar refractivity (Wildman–Crippen MR) is 67.5 cm³/mol. The second kappa shape index (κ2) is 6.35. The van der Waals surface area contributed by atoms with Gasteiger partial charge in [0.25, 0.3) is 11.8 Å². The highest BCUT2D eigenvalue weighted by molar-refractivity contribution is 6.68. The maximum absolute atomic E-state index is 10.4. The summed E-state index contributed by atoms with van der Waals surface area (Å²) in [6.45, 7) is 0. The molecule has 0 spiro atoms. The third-order valence-corrected chi connectivity index (χ3v) is 1.81. The molecule has 2 heterocycles. The van der Waals surface area contributed by atoms with Gasteiger partial charge in [-0.25, -0.2) is 0 Å². The van der Waals surface area contributed by atoms with E-state index in [1.807, 2.05) is 0 Å². The van der Waals surface area contributed by atoms with Crippen molar-refractivity contribution in [3.63, 3.8) is 0 Å². The topological polar surface area (TPSA) is 208 Å². The fourth-order valence-electron chi connectivity index (χ4n) is 1.01. The highest BCUT2D eigenvalue weighted by Crippen LogP contribution is 1.90. The molecular weight excluding hydrogens is 268 g/mol. The van der Waals surface area contributed by atoms with E-state index >= 15 is 0 Å². The Balaban J connectivity index is 0.000000200. The third kappa shape index (κ3) is 3.20. The van der Waals surface area contributed by atoms with E-state index < -0.39 is 11.8 Å². The van der Waals surface area contributed by atoms with Gasteiger partial charge in [-0.1, -0.05) is 0 Å². The second-order valence-corrected chi connectivity index (χ2v) is 3.02. The molecule has 0 radical (unpaired) electrons. The summed E-state index contributed by atoms with van der Waals surface area (Å²) in [7, 11) is 0.